The van der Waals surface area contributed by atoms with Crippen LogP contribution in [0.1, 0.15) is 32.6 Å². The van der Waals surface area contributed by atoms with Crippen LogP contribution in [0.3, 0.4) is 0 Å². The first-order chi connectivity index (χ1) is 14.5. The van der Waals surface area contributed by atoms with Crippen LogP contribution in [0.25, 0.3) is 17.3 Å². The SMILES string of the molecule is CC[C@]12CCCCN1c1nc(-n3ccnc3-c3cccc(F)c3)ncc1N(C)C2=O. The van der Waals surface area contributed by atoms with Crippen molar-refractivity contribution in [2.24, 2.45) is 0 Å². The molecule has 2 aliphatic rings. The molecule has 3 aromatic rings. The highest BCUT2D eigenvalue weighted by molar-refractivity contribution is 6.07. The third-order valence-corrected chi connectivity index (χ3v) is 6.32. The molecule has 0 aliphatic carbocycles. The van der Waals surface area contributed by atoms with Gasteiger partial charge in [-0.2, -0.15) is 4.98 Å². The highest BCUT2D eigenvalue weighted by Gasteiger charge is 2.51. The number of aromatic nitrogens is 4. The number of anilines is 2. The molecule has 1 aromatic carbocycles. The molecule has 1 saturated heterocycles. The summed E-state index contributed by atoms with van der Waals surface area (Å²) in [6.07, 6.45) is 8.72. The van der Waals surface area contributed by atoms with E-state index in [4.69, 9.17) is 4.98 Å². The van der Waals surface area contributed by atoms with Gasteiger partial charge in [-0.1, -0.05) is 19.1 Å². The summed E-state index contributed by atoms with van der Waals surface area (Å²) in [6.45, 7) is 2.85. The smallest absolute Gasteiger partial charge is 0.252 e. The second-order valence-corrected chi connectivity index (χ2v) is 7.87. The van der Waals surface area contributed by atoms with E-state index in [1.165, 1.54) is 12.1 Å². The van der Waals surface area contributed by atoms with Gasteiger partial charge in [0.05, 0.1) is 6.20 Å². The minimum atomic E-state index is -0.550. The van der Waals surface area contributed by atoms with E-state index in [9.17, 15) is 9.18 Å². The van der Waals surface area contributed by atoms with Crippen molar-refractivity contribution in [3.8, 4) is 17.3 Å². The predicted molar refractivity (Wildman–Crippen MR) is 112 cm³/mol. The molecule has 8 heteroatoms. The average Bonchev–Trinajstić information content (AvgIpc) is 3.27. The van der Waals surface area contributed by atoms with Crippen LogP contribution in [-0.2, 0) is 4.79 Å². The Morgan fingerprint density at radius 2 is 2.10 bits per heavy atom. The number of hydrogen-bond acceptors (Lipinski definition) is 5. The van der Waals surface area contributed by atoms with Crippen molar-refractivity contribution < 1.29 is 9.18 Å². The molecule has 154 valence electrons. The summed E-state index contributed by atoms with van der Waals surface area (Å²) in [6, 6.07) is 6.30. The van der Waals surface area contributed by atoms with Crippen LogP contribution in [-0.4, -0.2) is 44.6 Å². The molecular weight excluding hydrogens is 383 g/mol. The molecule has 2 aliphatic heterocycles. The summed E-state index contributed by atoms with van der Waals surface area (Å²) in [7, 11) is 1.79. The van der Waals surface area contributed by atoms with Crippen molar-refractivity contribution in [3.63, 3.8) is 0 Å². The van der Waals surface area contributed by atoms with Gasteiger partial charge in [0.1, 0.15) is 22.9 Å². The van der Waals surface area contributed by atoms with E-state index in [-0.39, 0.29) is 11.7 Å². The zero-order chi connectivity index (χ0) is 20.9. The van der Waals surface area contributed by atoms with E-state index >= 15 is 0 Å². The van der Waals surface area contributed by atoms with Gasteiger partial charge in [-0.3, -0.25) is 9.36 Å². The number of likely N-dealkylation sites (N-methyl/N-ethyl adjacent to an activating group) is 1. The molecule has 1 amide bonds. The highest BCUT2D eigenvalue weighted by Crippen LogP contribution is 2.44. The van der Waals surface area contributed by atoms with Crippen LogP contribution in [0.5, 0.6) is 0 Å². The molecule has 5 rings (SSSR count). The maximum absolute atomic E-state index is 13.8. The van der Waals surface area contributed by atoms with Crippen molar-refractivity contribution in [1.82, 2.24) is 19.5 Å². The van der Waals surface area contributed by atoms with Gasteiger partial charge < -0.3 is 9.80 Å². The third-order valence-electron chi connectivity index (χ3n) is 6.32. The lowest BCUT2D eigenvalue weighted by atomic mass is 9.81. The molecule has 1 fully saturated rings. The van der Waals surface area contributed by atoms with Crippen LogP contribution in [0.15, 0.2) is 42.9 Å². The molecule has 0 radical (unpaired) electrons. The van der Waals surface area contributed by atoms with Gasteiger partial charge in [-0.05, 0) is 37.8 Å². The Kier molecular flexibility index (Phi) is 4.30. The summed E-state index contributed by atoms with van der Waals surface area (Å²) in [5.41, 5.74) is 0.808. The maximum atomic E-state index is 13.8. The average molecular weight is 406 g/mol. The second kappa shape index (κ2) is 6.90. The van der Waals surface area contributed by atoms with Crippen molar-refractivity contribution >= 4 is 17.4 Å². The van der Waals surface area contributed by atoms with Crippen LogP contribution in [0.4, 0.5) is 15.9 Å². The number of nitrogens with zero attached hydrogens (tertiary/aromatic N) is 6. The Labute approximate surface area is 174 Å². The number of halogens is 1. The number of amides is 1. The first kappa shape index (κ1) is 18.7. The standard InChI is InChI=1S/C22H23FN6O/c1-3-22-9-4-5-11-29(22)19-17(27(2)20(22)30)14-25-21(26-19)28-12-10-24-18(28)15-7-6-8-16(23)13-15/h6-8,10,12-14H,3-5,9,11H2,1-2H3/t22-/m1/s1. The monoisotopic (exact) mass is 406 g/mol. The minimum absolute atomic E-state index is 0.108. The predicted octanol–water partition coefficient (Wildman–Crippen LogP) is 3.58. The molecule has 0 spiro atoms. The van der Waals surface area contributed by atoms with Crippen LogP contribution in [0, 0.1) is 5.82 Å². The largest absolute Gasteiger partial charge is 0.340 e. The maximum Gasteiger partial charge on any atom is 0.252 e. The lowest BCUT2D eigenvalue weighted by Gasteiger charge is -2.51. The van der Waals surface area contributed by atoms with Crippen LogP contribution >= 0.6 is 0 Å². The Bertz CT molecular complexity index is 1130. The Hall–Kier alpha value is -3.29. The van der Waals surface area contributed by atoms with E-state index in [1.54, 1.807) is 47.2 Å². The van der Waals surface area contributed by atoms with Crippen molar-refractivity contribution in [2.75, 3.05) is 23.4 Å². The Morgan fingerprint density at radius 3 is 2.90 bits per heavy atom. The number of piperidine rings is 1. The fraction of sp³-hybridized carbons (Fsp3) is 0.364. The molecule has 0 bridgehead atoms. The van der Waals surface area contributed by atoms with Crippen LogP contribution < -0.4 is 9.80 Å². The topological polar surface area (TPSA) is 67.2 Å². The summed E-state index contributed by atoms with van der Waals surface area (Å²) in [5, 5.41) is 0. The minimum Gasteiger partial charge on any atom is -0.340 e. The molecule has 30 heavy (non-hydrogen) atoms. The van der Waals surface area contributed by atoms with Gasteiger partial charge in [-0.15, -0.1) is 0 Å². The highest BCUT2D eigenvalue weighted by atomic mass is 19.1. The lowest BCUT2D eigenvalue weighted by Crippen LogP contribution is -2.64. The quantitative estimate of drug-likeness (QED) is 0.665. The van der Waals surface area contributed by atoms with Crippen molar-refractivity contribution in [2.45, 2.75) is 38.1 Å². The second-order valence-electron chi connectivity index (χ2n) is 7.87. The number of rotatable bonds is 3. The molecule has 0 unspecified atom stereocenters. The fourth-order valence-electron chi connectivity index (χ4n) is 4.72. The zero-order valence-corrected chi connectivity index (χ0v) is 17.0. The van der Waals surface area contributed by atoms with E-state index in [0.717, 1.165) is 38.0 Å². The molecule has 2 aromatic heterocycles. The fourth-order valence-corrected chi connectivity index (χ4v) is 4.72. The number of benzene rings is 1. The number of carbonyl (C=O) groups is 1. The van der Waals surface area contributed by atoms with Gasteiger partial charge in [0.25, 0.3) is 5.91 Å². The third kappa shape index (κ3) is 2.63. The van der Waals surface area contributed by atoms with Crippen molar-refractivity contribution in [1.29, 1.82) is 0 Å². The number of imidazole rings is 1. The van der Waals surface area contributed by atoms with Crippen molar-refractivity contribution in [3.05, 3.63) is 48.7 Å². The van der Waals surface area contributed by atoms with Crippen LogP contribution in [0.2, 0.25) is 0 Å². The van der Waals surface area contributed by atoms with Gasteiger partial charge in [0, 0.05) is 31.5 Å². The van der Waals surface area contributed by atoms with Gasteiger partial charge in [-0.25, -0.2) is 14.4 Å². The van der Waals surface area contributed by atoms with E-state index < -0.39 is 5.54 Å². The number of carbonyl (C=O) groups excluding carboxylic acids is 1. The molecule has 1 atom stereocenters. The van der Waals surface area contributed by atoms with E-state index in [1.807, 2.05) is 0 Å². The summed E-state index contributed by atoms with van der Waals surface area (Å²) >= 11 is 0. The number of hydrogen-bond donors (Lipinski definition) is 0. The Balaban J connectivity index is 1.64. The van der Waals surface area contributed by atoms with E-state index in [2.05, 4.69) is 21.8 Å². The zero-order valence-electron chi connectivity index (χ0n) is 17.0. The molecule has 0 saturated carbocycles. The normalized spacial score (nSPS) is 20.8. The molecular formula is C22H23FN6O. The summed E-state index contributed by atoms with van der Waals surface area (Å²) in [4.78, 5) is 30.9. The molecule has 4 heterocycles. The first-order valence-electron chi connectivity index (χ1n) is 10.3. The first-order valence-corrected chi connectivity index (χ1v) is 10.3. The Morgan fingerprint density at radius 1 is 1.23 bits per heavy atom. The lowest BCUT2D eigenvalue weighted by molar-refractivity contribution is -0.124. The van der Waals surface area contributed by atoms with Gasteiger partial charge in [0.15, 0.2) is 5.82 Å². The van der Waals surface area contributed by atoms with E-state index in [0.29, 0.717) is 23.0 Å². The molecule has 7 nitrogen and oxygen atoms in total. The van der Waals surface area contributed by atoms with Gasteiger partial charge >= 0.3 is 0 Å². The molecule has 0 N–H and O–H groups in total. The summed E-state index contributed by atoms with van der Waals surface area (Å²) < 4.78 is 15.5. The number of fused-ring (bicyclic) bond motifs is 3. The van der Waals surface area contributed by atoms with Gasteiger partial charge in [0.2, 0.25) is 5.95 Å². The summed E-state index contributed by atoms with van der Waals surface area (Å²) in [5.74, 6) is 1.56.